The summed E-state index contributed by atoms with van der Waals surface area (Å²) in [5, 5.41) is 14.9. The Hall–Kier alpha value is -3.04. The van der Waals surface area contributed by atoms with Gasteiger partial charge < -0.3 is 20.1 Å². The van der Waals surface area contributed by atoms with E-state index < -0.39 is 23.7 Å². The molecule has 3 rings (SSSR count). The molecule has 228 valence electrons. The van der Waals surface area contributed by atoms with Crippen molar-refractivity contribution in [3.8, 4) is 11.3 Å². The van der Waals surface area contributed by atoms with Gasteiger partial charge in [-0.25, -0.2) is 14.6 Å². The monoisotopic (exact) mass is 611 g/mol. The van der Waals surface area contributed by atoms with Gasteiger partial charge in [-0.1, -0.05) is 50.2 Å². The number of carboxylic acids is 1. The van der Waals surface area contributed by atoms with Crippen molar-refractivity contribution in [3.63, 3.8) is 0 Å². The Morgan fingerprint density at radius 3 is 2.24 bits per heavy atom. The highest BCUT2D eigenvalue weighted by Gasteiger charge is 2.24. The van der Waals surface area contributed by atoms with E-state index in [1.165, 1.54) is 28.6 Å². The van der Waals surface area contributed by atoms with Gasteiger partial charge in [0.1, 0.15) is 16.7 Å². The maximum atomic E-state index is 12.0. The highest BCUT2D eigenvalue weighted by Crippen LogP contribution is 2.29. The van der Waals surface area contributed by atoms with E-state index in [1.54, 1.807) is 32.1 Å². The molecule has 1 heterocycles. The van der Waals surface area contributed by atoms with Gasteiger partial charge >= 0.3 is 12.1 Å². The molecule has 0 fully saturated rings. The van der Waals surface area contributed by atoms with Crippen LogP contribution in [0.25, 0.3) is 11.3 Å². The predicted molar refractivity (Wildman–Crippen MR) is 176 cm³/mol. The largest absolute Gasteiger partial charge is 0.480 e. The first-order valence-corrected chi connectivity index (χ1v) is 16.6. The number of rotatable bonds is 14. The number of ether oxygens (including phenoxy) is 1. The van der Waals surface area contributed by atoms with Crippen molar-refractivity contribution in [1.29, 1.82) is 0 Å². The van der Waals surface area contributed by atoms with Crippen molar-refractivity contribution < 1.29 is 19.4 Å². The van der Waals surface area contributed by atoms with Crippen LogP contribution in [0.15, 0.2) is 53.9 Å². The molecule has 2 aromatic carbocycles. The molecule has 3 aromatic rings. The van der Waals surface area contributed by atoms with E-state index in [9.17, 15) is 14.7 Å². The number of nitrogens with one attached hydrogen (secondary N) is 1. The summed E-state index contributed by atoms with van der Waals surface area (Å²) >= 11 is 2.97. The van der Waals surface area contributed by atoms with Crippen LogP contribution in [-0.2, 0) is 21.8 Å². The number of aliphatic carboxylic acids is 1. The average molecular weight is 612 g/mol. The first-order chi connectivity index (χ1) is 19.9. The van der Waals surface area contributed by atoms with Crippen molar-refractivity contribution in [2.24, 2.45) is 0 Å². The van der Waals surface area contributed by atoms with Gasteiger partial charge in [0.2, 0.25) is 0 Å². The van der Waals surface area contributed by atoms with Crippen molar-refractivity contribution in [2.45, 2.75) is 97.2 Å². The predicted octanol–water partition coefficient (Wildman–Crippen LogP) is 8.34. The summed E-state index contributed by atoms with van der Waals surface area (Å²) < 4.78 is 5.18. The van der Waals surface area contributed by atoms with Gasteiger partial charge in [0, 0.05) is 40.7 Å². The SMILES string of the molecule is CCC(CC)c1ccc(N(Cc2ccc(-c3csc(CSC[C@@H](NC(=O)OC(C)(C)C)C(=O)O)n3)cc2)C(C)C)cc1. The fraction of sp³-hybridized carbons (Fsp3) is 0.485. The molecule has 0 radical (unpaired) electrons. The molecule has 1 amide bonds. The number of benzene rings is 2. The Bertz CT molecular complexity index is 1280. The molecule has 0 saturated heterocycles. The molecule has 0 aliphatic rings. The zero-order valence-electron chi connectivity index (χ0n) is 25.8. The van der Waals surface area contributed by atoms with Crippen LogP contribution < -0.4 is 10.2 Å². The number of nitrogens with zero attached hydrogens (tertiary/aromatic N) is 2. The van der Waals surface area contributed by atoms with Crippen LogP contribution in [0.3, 0.4) is 0 Å². The van der Waals surface area contributed by atoms with Crippen LogP contribution >= 0.6 is 23.1 Å². The van der Waals surface area contributed by atoms with Crippen LogP contribution in [0.5, 0.6) is 0 Å². The molecular formula is C33H45N3O4S2. The van der Waals surface area contributed by atoms with E-state index in [2.05, 4.69) is 86.4 Å². The van der Waals surface area contributed by atoms with Crippen LogP contribution in [0, 0.1) is 0 Å². The lowest BCUT2D eigenvalue weighted by Crippen LogP contribution is -2.44. The highest BCUT2D eigenvalue weighted by molar-refractivity contribution is 7.98. The van der Waals surface area contributed by atoms with E-state index >= 15 is 0 Å². The molecule has 9 heteroatoms. The molecule has 0 aliphatic heterocycles. The number of carbonyl (C=O) groups is 2. The van der Waals surface area contributed by atoms with E-state index in [4.69, 9.17) is 9.72 Å². The first-order valence-electron chi connectivity index (χ1n) is 14.6. The van der Waals surface area contributed by atoms with Crippen molar-refractivity contribution in [3.05, 3.63) is 70.0 Å². The molecule has 1 atom stereocenters. The molecule has 2 N–H and O–H groups in total. The number of alkyl carbamates (subject to hydrolysis) is 1. The normalized spacial score (nSPS) is 12.4. The quantitative estimate of drug-likeness (QED) is 0.189. The maximum Gasteiger partial charge on any atom is 0.408 e. The molecule has 0 unspecified atom stereocenters. The third kappa shape index (κ3) is 10.1. The summed E-state index contributed by atoms with van der Waals surface area (Å²) in [6.07, 6.45) is 1.59. The molecular weight excluding hydrogens is 567 g/mol. The Kier molecular flexibility index (Phi) is 12.3. The molecule has 0 saturated carbocycles. The topological polar surface area (TPSA) is 91.8 Å². The van der Waals surface area contributed by atoms with Gasteiger partial charge in [-0.05, 0) is 76.6 Å². The third-order valence-electron chi connectivity index (χ3n) is 6.96. The smallest absolute Gasteiger partial charge is 0.408 e. The highest BCUT2D eigenvalue weighted by atomic mass is 32.2. The number of hydrogen-bond acceptors (Lipinski definition) is 7. The van der Waals surface area contributed by atoms with Crippen molar-refractivity contribution in [1.82, 2.24) is 10.3 Å². The number of thioether (sulfide) groups is 1. The summed E-state index contributed by atoms with van der Waals surface area (Å²) in [5.74, 6) is 0.294. The lowest BCUT2D eigenvalue weighted by atomic mass is 9.94. The number of thiazole rings is 1. The molecule has 7 nitrogen and oxygen atoms in total. The summed E-state index contributed by atoms with van der Waals surface area (Å²) in [6, 6.07) is 16.9. The standard InChI is InChI=1S/C33H45N3O4S2/c1-8-24(9-2)25-14-16-27(17-15-25)36(22(3)4)18-23-10-12-26(13-11-23)28-20-42-30(34-28)21-41-19-29(31(37)38)35-32(39)40-33(5,6)7/h10-17,20,22,24,29H,8-9,18-19,21H2,1-7H3,(H,35,39)(H,37,38)/t29-/m1/s1. The minimum Gasteiger partial charge on any atom is -0.480 e. The molecule has 0 spiro atoms. The Balaban J connectivity index is 1.58. The Morgan fingerprint density at radius 1 is 1.05 bits per heavy atom. The summed E-state index contributed by atoms with van der Waals surface area (Å²) in [4.78, 5) is 30.8. The average Bonchev–Trinajstić information content (AvgIpc) is 3.40. The second kappa shape index (κ2) is 15.4. The lowest BCUT2D eigenvalue weighted by molar-refractivity contribution is -0.138. The van der Waals surface area contributed by atoms with Crippen molar-refractivity contribution >= 4 is 40.8 Å². The zero-order valence-corrected chi connectivity index (χ0v) is 27.5. The minimum absolute atomic E-state index is 0.213. The minimum atomic E-state index is -1.09. The van der Waals surface area contributed by atoms with E-state index in [0.717, 1.165) is 35.7 Å². The van der Waals surface area contributed by atoms with Crippen LogP contribution in [0.2, 0.25) is 0 Å². The van der Waals surface area contributed by atoms with Crippen LogP contribution in [-0.4, -0.2) is 45.6 Å². The molecule has 1 aromatic heterocycles. The maximum absolute atomic E-state index is 12.0. The second-order valence-electron chi connectivity index (χ2n) is 11.7. The third-order valence-corrected chi connectivity index (χ3v) is 9.04. The number of carboxylic acid groups (broad SMARTS) is 1. The van der Waals surface area contributed by atoms with E-state index in [0.29, 0.717) is 17.7 Å². The number of amides is 1. The Labute approximate surface area is 259 Å². The molecule has 0 bridgehead atoms. The van der Waals surface area contributed by atoms with Gasteiger partial charge in [0.05, 0.1) is 5.69 Å². The summed E-state index contributed by atoms with van der Waals surface area (Å²) in [6.45, 7) is 15.0. The fourth-order valence-corrected chi connectivity index (χ4v) is 6.57. The van der Waals surface area contributed by atoms with Gasteiger partial charge in [0.25, 0.3) is 0 Å². The number of anilines is 1. The van der Waals surface area contributed by atoms with Crippen LogP contribution in [0.1, 0.15) is 83.4 Å². The Morgan fingerprint density at radius 2 is 1.69 bits per heavy atom. The van der Waals surface area contributed by atoms with Crippen molar-refractivity contribution in [2.75, 3.05) is 10.7 Å². The zero-order chi connectivity index (χ0) is 30.9. The summed E-state index contributed by atoms with van der Waals surface area (Å²) in [7, 11) is 0. The van der Waals surface area contributed by atoms with Gasteiger partial charge in [-0.2, -0.15) is 11.8 Å². The lowest BCUT2D eigenvalue weighted by Gasteiger charge is -2.30. The van der Waals surface area contributed by atoms with E-state index in [1.807, 2.05) is 5.38 Å². The molecule has 0 aliphatic carbocycles. The summed E-state index contributed by atoms with van der Waals surface area (Å²) in [5.41, 5.74) is 5.14. The number of hydrogen-bond donors (Lipinski definition) is 2. The number of carbonyl (C=O) groups excluding carboxylic acids is 1. The van der Waals surface area contributed by atoms with Crippen LogP contribution in [0.4, 0.5) is 10.5 Å². The van der Waals surface area contributed by atoms with Gasteiger partial charge in [-0.15, -0.1) is 11.3 Å². The van der Waals surface area contributed by atoms with E-state index in [-0.39, 0.29) is 5.75 Å². The van der Waals surface area contributed by atoms with Gasteiger partial charge in [0.15, 0.2) is 0 Å². The number of aromatic nitrogens is 1. The molecule has 42 heavy (non-hydrogen) atoms. The first kappa shape index (κ1) is 33.5. The second-order valence-corrected chi connectivity index (χ2v) is 13.7. The van der Waals surface area contributed by atoms with Gasteiger partial charge in [-0.3, -0.25) is 0 Å². The fourth-order valence-electron chi connectivity index (χ4n) is 4.65.